The van der Waals surface area contributed by atoms with Gasteiger partial charge >= 0.3 is 5.97 Å². The molecule has 5 nitrogen and oxygen atoms in total. The highest BCUT2D eigenvalue weighted by Gasteiger charge is 2.24. The number of carboxylic acid groups (broad SMARTS) is 1. The third-order valence-electron chi connectivity index (χ3n) is 3.76. The Balaban J connectivity index is 2.29. The fourth-order valence-corrected chi connectivity index (χ4v) is 2.55. The number of hydrogen-bond acceptors (Lipinski definition) is 3. The van der Waals surface area contributed by atoms with Crippen LogP contribution in [0.3, 0.4) is 0 Å². The van der Waals surface area contributed by atoms with E-state index in [9.17, 15) is 19.5 Å². The summed E-state index contributed by atoms with van der Waals surface area (Å²) in [5.74, 6) is -1.81. The summed E-state index contributed by atoms with van der Waals surface area (Å²) in [4.78, 5) is 36.6. The predicted octanol–water partition coefficient (Wildman–Crippen LogP) is 3.15. The zero-order chi connectivity index (χ0) is 18.4. The molecule has 0 unspecified atom stereocenters. The van der Waals surface area contributed by atoms with Crippen molar-refractivity contribution in [2.75, 3.05) is 0 Å². The number of hydrogen-bond donors (Lipinski definition) is 2. The minimum Gasteiger partial charge on any atom is -0.480 e. The highest BCUT2D eigenvalue weighted by Crippen LogP contribution is 2.15. The zero-order valence-corrected chi connectivity index (χ0v) is 14.2. The lowest BCUT2D eigenvalue weighted by Crippen LogP contribution is -2.42. The van der Waals surface area contributed by atoms with E-state index in [-0.39, 0.29) is 22.8 Å². The van der Waals surface area contributed by atoms with Crippen LogP contribution in [0.25, 0.3) is 0 Å². The molecule has 0 spiro atoms. The average molecular weight is 339 g/mol. The summed E-state index contributed by atoms with van der Waals surface area (Å²) in [6.07, 6.45) is 0.315. The lowest BCUT2D eigenvalue weighted by Gasteiger charge is -2.17. The molecule has 0 saturated heterocycles. The first-order valence-corrected chi connectivity index (χ1v) is 8.12. The Labute approximate surface area is 146 Å². The Morgan fingerprint density at radius 2 is 1.48 bits per heavy atom. The fourth-order valence-electron chi connectivity index (χ4n) is 2.55. The van der Waals surface area contributed by atoms with Crippen molar-refractivity contribution >= 4 is 17.7 Å². The molecule has 2 rings (SSSR count). The van der Waals surface area contributed by atoms with Gasteiger partial charge in [0.2, 0.25) is 0 Å². The van der Waals surface area contributed by atoms with Gasteiger partial charge in [0.25, 0.3) is 5.91 Å². The lowest BCUT2D eigenvalue weighted by molar-refractivity contribution is -0.139. The van der Waals surface area contributed by atoms with Crippen molar-refractivity contribution in [2.24, 2.45) is 5.92 Å². The maximum absolute atomic E-state index is 12.7. The molecule has 25 heavy (non-hydrogen) atoms. The normalized spacial score (nSPS) is 11.8. The molecule has 0 aliphatic rings. The molecule has 0 radical (unpaired) electrons. The lowest BCUT2D eigenvalue weighted by atomic mass is 9.97. The maximum Gasteiger partial charge on any atom is 0.326 e. The summed E-state index contributed by atoms with van der Waals surface area (Å²) >= 11 is 0. The van der Waals surface area contributed by atoms with Crippen LogP contribution >= 0.6 is 0 Å². The van der Waals surface area contributed by atoms with Crippen LogP contribution in [-0.2, 0) is 4.79 Å². The first-order valence-electron chi connectivity index (χ1n) is 8.12. The second-order valence-corrected chi connectivity index (χ2v) is 6.23. The number of benzene rings is 2. The number of ketones is 1. The van der Waals surface area contributed by atoms with Crippen molar-refractivity contribution in [2.45, 2.75) is 26.3 Å². The zero-order valence-electron chi connectivity index (χ0n) is 14.2. The number of carbonyl (C=O) groups excluding carboxylic acids is 2. The maximum atomic E-state index is 12.7. The van der Waals surface area contributed by atoms with Crippen molar-refractivity contribution in [1.82, 2.24) is 5.32 Å². The van der Waals surface area contributed by atoms with Crippen molar-refractivity contribution in [3.8, 4) is 0 Å². The van der Waals surface area contributed by atoms with Gasteiger partial charge in [-0.1, -0.05) is 62.4 Å². The summed E-state index contributed by atoms with van der Waals surface area (Å²) in [5.41, 5.74) is 0.894. The molecule has 2 aromatic carbocycles. The fraction of sp³-hybridized carbons (Fsp3) is 0.250. The van der Waals surface area contributed by atoms with Gasteiger partial charge in [0, 0.05) is 11.1 Å². The standard InChI is InChI=1S/C20H21NO4/c1-13(2)12-17(20(24)25)21-19(23)16-11-7-6-10-15(16)18(22)14-8-4-3-5-9-14/h3-11,13,17H,12H2,1-2H3,(H,21,23)(H,24,25)/t17-/m1/s1. The van der Waals surface area contributed by atoms with E-state index in [4.69, 9.17) is 0 Å². The number of carboxylic acids is 1. The molecule has 1 atom stereocenters. The first-order chi connectivity index (χ1) is 11.9. The number of nitrogens with one attached hydrogen (secondary N) is 1. The largest absolute Gasteiger partial charge is 0.480 e. The molecular formula is C20H21NO4. The molecule has 0 aliphatic heterocycles. The molecule has 2 N–H and O–H groups in total. The van der Waals surface area contributed by atoms with Gasteiger partial charge in [-0.15, -0.1) is 0 Å². The minimum absolute atomic E-state index is 0.114. The van der Waals surface area contributed by atoms with Crippen molar-refractivity contribution < 1.29 is 19.5 Å². The monoisotopic (exact) mass is 339 g/mol. The van der Waals surface area contributed by atoms with Crippen LogP contribution in [0, 0.1) is 5.92 Å². The Kier molecular flexibility index (Phi) is 6.06. The minimum atomic E-state index is -1.09. The molecular weight excluding hydrogens is 318 g/mol. The summed E-state index contributed by atoms with van der Waals surface area (Å²) in [6.45, 7) is 3.77. The van der Waals surface area contributed by atoms with Crippen LogP contribution < -0.4 is 5.32 Å². The Bertz CT molecular complexity index is 768. The van der Waals surface area contributed by atoms with Gasteiger partial charge in [0.05, 0.1) is 5.56 Å². The molecule has 130 valence electrons. The molecule has 2 aromatic rings. The summed E-state index contributed by atoms with van der Waals surface area (Å²) < 4.78 is 0. The smallest absolute Gasteiger partial charge is 0.326 e. The topological polar surface area (TPSA) is 83.5 Å². The number of amides is 1. The quantitative estimate of drug-likeness (QED) is 0.759. The average Bonchev–Trinajstić information content (AvgIpc) is 2.60. The van der Waals surface area contributed by atoms with Crippen LogP contribution in [0.5, 0.6) is 0 Å². The first kappa shape index (κ1) is 18.4. The molecule has 0 aliphatic carbocycles. The number of rotatable bonds is 7. The van der Waals surface area contributed by atoms with Gasteiger partial charge in [-0.25, -0.2) is 4.79 Å². The summed E-state index contributed by atoms with van der Waals surface area (Å²) in [7, 11) is 0. The van der Waals surface area contributed by atoms with E-state index < -0.39 is 17.9 Å². The van der Waals surface area contributed by atoms with Crippen molar-refractivity contribution in [3.05, 3.63) is 71.3 Å². The van der Waals surface area contributed by atoms with Gasteiger partial charge in [-0.3, -0.25) is 9.59 Å². The Morgan fingerprint density at radius 1 is 0.920 bits per heavy atom. The van der Waals surface area contributed by atoms with E-state index in [1.807, 2.05) is 13.8 Å². The number of aliphatic carboxylic acids is 1. The molecule has 1 amide bonds. The third kappa shape index (κ3) is 4.76. The van der Waals surface area contributed by atoms with E-state index >= 15 is 0 Å². The van der Waals surface area contributed by atoms with Gasteiger partial charge in [0.1, 0.15) is 6.04 Å². The Morgan fingerprint density at radius 3 is 2.04 bits per heavy atom. The molecule has 0 heterocycles. The highest BCUT2D eigenvalue weighted by atomic mass is 16.4. The molecule has 5 heteroatoms. The Hall–Kier alpha value is -2.95. The van der Waals surface area contributed by atoms with Gasteiger partial charge in [0.15, 0.2) is 5.78 Å². The van der Waals surface area contributed by atoms with Gasteiger partial charge in [-0.05, 0) is 18.4 Å². The van der Waals surface area contributed by atoms with Crippen LogP contribution in [0.4, 0.5) is 0 Å². The molecule has 0 bridgehead atoms. The molecule has 0 aromatic heterocycles. The van der Waals surface area contributed by atoms with E-state index in [0.717, 1.165) is 0 Å². The van der Waals surface area contributed by atoms with E-state index in [0.29, 0.717) is 12.0 Å². The number of carbonyl (C=O) groups is 3. The second kappa shape index (κ2) is 8.24. The van der Waals surface area contributed by atoms with E-state index in [1.165, 1.54) is 6.07 Å². The van der Waals surface area contributed by atoms with Crippen LogP contribution in [-0.4, -0.2) is 28.8 Å². The summed E-state index contributed by atoms with van der Waals surface area (Å²) in [6, 6.07) is 14.1. The highest BCUT2D eigenvalue weighted by molar-refractivity contribution is 6.15. The van der Waals surface area contributed by atoms with Crippen molar-refractivity contribution in [3.63, 3.8) is 0 Å². The second-order valence-electron chi connectivity index (χ2n) is 6.23. The van der Waals surface area contributed by atoms with E-state index in [1.54, 1.807) is 48.5 Å². The molecule has 0 saturated carbocycles. The van der Waals surface area contributed by atoms with Crippen LogP contribution in [0.2, 0.25) is 0 Å². The van der Waals surface area contributed by atoms with Gasteiger partial charge in [-0.2, -0.15) is 0 Å². The van der Waals surface area contributed by atoms with Crippen LogP contribution in [0.1, 0.15) is 46.5 Å². The van der Waals surface area contributed by atoms with Crippen molar-refractivity contribution in [1.29, 1.82) is 0 Å². The summed E-state index contributed by atoms with van der Waals surface area (Å²) in [5, 5.41) is 11.8. The predicted molar refractivity (Wildman–Crippen MR) is 94.7 cm³/mol. The SMILES string of the molecule is CC(C)C[C@@H](NC(=O)c1ccccc1C(=O)c1ccccc1)C(=O)O. The van der Waals surface area contributed by atoms with Crippen LogP contribution in [0.15, 0.2) is 54.6 Å². The third-order valence-corrected chi connectivity index (χ3v) is 3.76. The van der Waals surface area contributed by atoms with Gasteiger partial charge < -0.3 is 10.4 Å². The molecule has 0 fully saturated rings. The van der Waals surface area contributed by atoms with E-state index in [2.05, 4.69) is 5.32 Å².